The maximum absolute atomic E-state index is 6.06. The molecular weight excluding hydrogens is 210 g/mol. The molecule has 0 aliphatic heterocycles. The highest BCUT2D eigenvalue weighted by atomic mass is 35.5. The van der Waals surface area contributed by atoms with Gasteiger partial charge in [-0.1, -0.05) is 23.7 Å². The molecule has 4 heteroatoms. The molecule has 0 fully saturated rings. The fourth-order valence-electron chi connectivity index (χ4n) is 1.46. The van der Waals surface area contributed by atoms with Crippen molar-refractivity contribution in [3.63, 3.8) is 0 Å². The topological polar surface area (TPSA) is 43.8 Å². The van der Waals surface area contributed by atoms with Crippen molar-refractivity contribution in [2.45, 2.75) is 6.04 Å². The Balaban J connectivity index is 2.32. The van der Waals surface area contributed by atoms with Gasteiger partial charge in [-0.2, -0.15) is 0 Å². The van der Waals surface area contributed by atoms with Crippen LogP contribution < -0.4 is 5.73 Å². The first-order valence-corrected chi connectivity index (χ1v) is 5.03. The first kappa shape index (κ1) is 10.2. The Morgan fingerprint density at radius 3 is 2.87 bits per heavy atom. The van der Waals surface area contributed by atoms with Gasteiger partial charge < -0.3 is 10.3 Å². The summed E-state index contributed by atoms with van der Waals surface area (Å²) in [6.45, 7) is 0. The highest BCUT2D eigenvalue weighted by Gasteiger charge is 2.11. The van der Waals surface area contributed by atoms with Crippen LogP contribution in [0.2, 0.25) is 5.02 Å². The van der Waals surface area contributed by atoms with Crippen molar-refractivity contribution < 1.29 is 0 Å². The van der Waals surface area contributed by atoms with Crippen LogP contribution in [0, 0.1) is 0 Å². The third-order valence-electron chi connectivity index (χ3n) is 2.25. The fourth-order valence-corrected chi connectivity index (χ4v) is 1.66. The van der Waals surface area contributed by atoms with E-state index in [9.17, 15) is 0 Å². The number of aromatic nitrogens is 2. The van der Waals surface area contributed by atoms with E-state index in [2.05, 4.69) is 4.98 Å². The Labute approximate surface area is 93.5 Å². The molecule has 2 rings (SSSR count). The van der Waals surface area contributed by atoms with Crippen molar-refractivity contribution in [2.75, 3.05) is 0 Å². The van der Waals surface area contributed by atoms with Gasteiger partial charge in [-0.25, -0.2) is 4.98 Å². The average Bonchev–Trinajstić information content (AvgIpc) is 2.64. The summed E-state index contributed by atoms with van der Waals surface area (Å²) in [5.41, 5.74) is 7.88. The van der Waals surface area contributed by atoms with Crippen molar-refractivity contribution >= 4 is 11.6 Å². The predicted octanol–water partition coefficient (Wildman–Crippen LogP) is 2.12. The lowest BCUT2D eigenvalue weighted by molar-refractivity contribution is 0.835. The SMILES string of the molecule is Cn1cnc(C(N)c2cccc(Cl)c2)c1. The van der Waals surface area contributed by atoms with E-state index >= 15 is 0 Å². The summed E-state index contributed by atoms with van der Waals surface area (Å²) in [5, 5.41) is 0.693. The summed E-state index contributed by atoms with van der Waals surface area (Å²) < 4.78 is 1.87. The molecule has 1 aromatic carbocycles. The second-order valence-corrected chi connectivity index (χ2v) is 3.93. The van der Waals surface area contributed by atoms with Crippen molar-refractivity contribution in [1.82, 2.24) is 9.55 Å². The molecule has 2 N–H and O–H groups in total. The fraction of sp³-hybridized carbons (Fsp3) is 0.182. The smallest absolute Gasteiger partial charge is 0.0947 e. The molecule has 0 radical (unpaired) electrons. The van der Waals surface area contributed by atoms with Gasteiger partial charge in [0, 0.05) is 18.3 Å². The third-order valence-corrected chi connectivity index (χ3v) is 2.49. The first-order chi connectivity index (χ1) is 7.16. The van der Waals surface area contributed by atoms with Gasteiger partial charge >= 0.3 is 0 Å². The van der Waals surface area contributed by atoms with Gasteiger partial charge in [0.2, 0.25) is 0 Å². The van der Waals surface area contributed by atoms with E-state index < -0.39 is 0 Å². The highest BCUT2D eigenvalue weighted by Crippen LogP contribution is 2.20. The molecule has 3 nitrogen and oxygen atoms in total. The predicted molar refractivity (Wildman–Crippen MR) is 60.7 cm³/mol. The summed E-state index contributed by atoms with van der Waals surface area (Å²) in [6, 6.07) is 7.31. The Hall–Kier alpha value is -1.32. The van der Waals surface area contributed by atoms with Crippen molar-refractivity contribution in [3.05, 3.63) is 53.1 Å². The van der Waals surface area contributed by atoms with E-state index in [0.29, 0.717) is 5.02 Å². The second kappa shape index (κ2) is 4.04. The van der Waals surface area contributed by atoms with Crippen LogP contribution in [0.3, 0.4) is 0 Å². The van der Waals surface area contributed by atoms with Crippen molar-refractivity contribution in [2.24, 2.45) is 12.8 Å². The Bertz CT molecular complexity index is 464. The molecule has 1 unspecified atom stereocenters. The van der Waals surface area contributed by atoms with Crippen LogP contribution in [0.25, 0.3) is 0 Å². The van der Waals surface area contributed by atoms with Gasteiger partial charge in [-0.05, 0) is 17.7 Å². The summed E-state index contributed by atoms with van der Waals surface area (Å²) >= 11 is 5.90. The summed E-state index contributed by atoms with van der Waals surface area (Å²) in [7, 11) is 1.92. The number of nitrogens with two attached hydrogens (primary N) is 1. The van der Waals surface area contributed by atoms with E-state index in [-0.39, 0.29) is 6.04 Å². The summed E-state index contributed by atoms with van der Waals surface area (Å²) in [4.78, 5) is 4.22. The summed E-state index contributed by atoms with van der Waals surface area (Å²) in [5.74, 6) is 0. The highest BCUT2D eigenvalue weighted by molar-refractivity contribution is 6.30. The standard InChI is InChI=1S/C11H12ClN3/c1-15-6-10(14-7-15)11(13)8-3-2-4-9(12)5-8/h2-7,11H,13H2,1H3. The maximum atomic E-state index is 6.06. The van der Waals surface area contributed by atoms with Gasteiger partial charge in [0.15, 0.2) is 0 Å². The number of hydrogen-bond acceptors (Lipinski definition) is 2. The molecule has 1 heterocycles. The van der Waals surface area contributed by atoms with Gasteiger partial charge in [-0.3, -0.25) is 0 Å². The number of imidazole rings is 1. The van der Waals surface area contributed by atoms with Gasteiger partial charge in [0.1, 0.15) is 0 Å². The lowest BCUT2D eigenvalue weighted by Crippen LogP contribution is -2.12. The van der Waals surface area contributed by atoms with E-state index in [1.807, 2.05) is 42.1 Å². The van der Waals surface area contributed by atoms with Gasteiger partial charge in [0.25, 0.3) is 0 Å². The zero-order valence-corrected chi connectivity index (χ0v) is 9.15. The number of hydrogen-bond donors (Lipinski definition) is 1. The number of aryl methyl sites for hydroxylation is 1. The Morgan fingerprint density at radius 1 is 1.47 bits per heavy atom. The molecule has 78 valence electrons. The van der Waals surface area contributed by atoms with E-state index in [1.165, 1.54) is 0 Å². The van der Waals surface area contributed by atoms with E-state index in [0.717, 1.165) is 11.3 Å². The number of rotatable bonds is 2. The molecule has 0 amide bonds. The van der Waals surface area contributed by atoms with Crippen LogP contribution in [-0.2, 0) is 7.05 Å². The zero-order chi connectivity index (χ0) is 10.8. The molecule has 0 bridgehead atoms. The van der Waals surface area contributed by atoms with E-state index in [1.54, 1.807) is 6.33 Å². The molecule has 0 saturated heterocycles. The van der Waals surface area contributed by atoms with Crippen molar-refractivity contribution in [3.8, 4) is 0 Å². The molecule has 15 heavy (non-hydrogen) atoms. The molecule has 1 atom stereocenters. The molecule has 2 aromatic rings. The monoisotopic (exact) mass is 221 g/mol. The Morgan fingerprint density at radius 2 is 2.27 bits per heavy atom. The van der Waals surface area contributed by atoms with Crippen LogP contribution in [0.4, 0.5) is 0 Å². The van der Waals surface area contributed by atoms with Gasteiger partial charge in [0.05, 0.1) is 18.1 Å². The van der Waals surface area contributed by atoms with E-state index in [4.69, 9.17) is 17.3 Å². The minimum atomic E-state index is -0.218. The minimum absolute atomic E-state index is 0.218. The average molecular weight is 222 g/mol. The largest absolute Gasteiger partial charge is 0.340 e. The molecule has 0 aliphatic rings. The van der Waals surface area contributed by atoms with Gasteiger partial charge in [-0.15, -0.1) is 0 Å². The molecule has 0 aliphatic carbocycles. The lowest BCUT2D eigenvalue weighted by Gasteiger charge is -2.09. The number of nitrogens with zero attached hydrogens (tertiary/aromatic N) is 2. The lowest BCUT2D eigenvalue weighted by atomic mass is 10.1. The molecule has 1 aromatic heterocycles. The molecule has 0 saturated carbocycles. The molecular formula is C11H12ClN3. The number of benzene rings is 1. The van der Waals surface area contributed by atoms with Crippen LogP contribution in [-0.4, -0.2) is 9.55 Å². The van der Waals surface area contributed by atoms with Crippen molar-refractivity contribution in [1.29, 1.82) is 0 Å². The van der Waals surface area contributed by atoms with Crippen LogP contribution in [0.15, 0.2) is 36.8 Å². The van der Waals surface area contributed by atoms with Crippen LogP contribution >= 0.6 is 11.6 Å². The summed E-state index contributed by atoms with van der Waals surface area (Å²) in [6.07, 6.45) is 3.64. The Kier molecular flexibility index (Phi) is 2.75. The van der Waals surface area contributed by atoms with Crippen LogP contribution in [0.5, 0.6) is 0 Å². The number of halogens is 1. The minimum Gasteiger partial charge on any atom is -0.340 e. The van der Waals surface area contributed by atoms with Crippen LogP contribution in [0.1, 0.15) is 17.3 Å². The quantitative estimate of drug-likeness (QED) is 0.844. The normalized spacial score (nSPS) is 12.7. The first-order valence-electron chi connectivity index (χ1n) is 4.66. The third kappa shape index (κ3) is 2.19. The maximum Gasteiger partial charge on any atom is 0.0947 e. The molecule has 0 spiro atoms. The zero-order valence-electron chi connectivity index (χ0n) is 8.39. The second-order valence-electron chi connectivity index (χ2n) is 3.50.